The van der Waals surface area contributed by atoms with E-state index in [1.807, 2.05) is 26.9 Å². The van der Waals surface area contributed by atoms with Crippen molar-refractivity contribution in [1.82, 2.24) is 19.2 Å². The summed E-state index contributed by atoms with van der Waals surface area (Å²) in [4.78, 5) is 24.5. The third-order valence-corrected chi connectivity index (χ3v) is 8.05. The van der Waals surface area contributed by atoms with E-state index in [4.69, 9.17) is 0 Å². The average molecular weight is 495 g/mol. The van der Waals surface area contributed by atoms with Gasteiger partial charge >= 0.3 is 0 Å². The molecule has 0 spiro atoms. The number of hydrogen-bond acceptors (Lipinski definition) is 5. The van der Waals surface area contributed by atoms with Crippen LogP contribution in [0.5, 0.6) is 0 Å². The Kier molecular flexibility index (Phi) is 5.40. The topological polar surface area (TPSA) is 40.9 Å². The molecule has 1 fully saturated rings. The van der Waals surface area contributed by atoms with Crippen LogP contribution in [0.4, 0.5) is 8.78 Å². The molecule has 2 aromatic carbocycles. The van der Waals surface area contributed by atoms with E-state index in [-0.39, 0.29) is 23.6 Å². The van der Waals surface area contributed by atoms with Gasteiger partial charge < -0.3 is 4.90 Å². The van der Waals surface area contributed by atoms with Crippen molar-refractivity contribution in [2.24, 2.45) is 0 Å². The standard InChI is InChI=1S/C25H20F2N4OS2/c26-18-5-1-16(2-6-18)22(17-3-7-19(27)8-4-17)29-9-11-30(12-10-29)24(32)21-15-20-23(34-21)28-25-31(20)13-14-33-25/h1-8,13-15,22H,9-12H2. The molecule has 1 aliphatic heterocycles. The predicted molar refractivity (Wildman–Crippen MR) is 131 cm³/mol. The number of benzene rings is 2. The molecule has 3 aromatic heterocycles. The highest BCUT2D eigenvalue weighted by Gasteiger charge is 2.29. The number of carbonyl (C=O) groups excluding carboxylic acids is 1. The number of carbonyl (C=O) groups is 1. The van der Waals surface area contributed by atoms with Gasteiger partial charge in [0, 0.05) is 37.8 Å². The summed E-state index contributed by atoms with van der Waals surface area (Å²) in [6.07, 6.45) is 1.97. The first-order chi connectivity index (χ1) is 16.6. The van der Waals surface area contributed by atoms with E-state index in [2.05, 4.69) is 9.88 Å². The Hall–Kier alpha value is -3.14. The van der Waals surface area contributed by atoms with Crippen molar-refractivity contribution in [3.05, 3.63) is 93.8 Å². The van der Waals surface area contributed by atoms with Crippen molar-refractivity contribution >= 4 is 43.9 Å². The molecule has 9 heteroatoms. The minimum Gasteiger partial charge on any atom is -0.335 e. The summed E-state index contributed by atoms with van der Waals surface area (Å²) < 4.78 is 29.1. The van der Waals surface area contributed by atoms with Gasteiger partial charge in [-0.05, 0) is 41.5 Å². The van der Waals surface area contributed by atoms with E-state index in [9.17, 15) is 13.6 Å². The lowest BCUT2D eigenvalue weighted by Crippen LogP contribution is -2.49. The van der Waals surface area contributed by atoms with Crippen LogP contribution in [0.2, 0.25) is 0 Å². The fraction of sp³-hybridized carbons (Fsp3) is 0.200. The van der Waals surface area contributed by atoms with Gasteiger partial charge in [0.05, 0.1) is 16.4 Å². The van der Waals surface area contributed by atoms with Gasteiger partial charge in [-0.1, -0.05) is 24.3 Å². The average Bonchev–Trinajstić information content (AvgIpc) is 3.55. The number of fused-ring (bicyclic) bond motifs is 3. The highest BCUT2D eigenvalue weighted by atomic mass is 32.1. The third kappa shape index (κ3) is 3.79. The van der Waals surface area contributed by atoms with Crippen molar-refractivity contribution in [3.63, 3.8) is 0 Å². The first-order valence-electron chi connectivity index (χ1n) is 11.0. The summed E-state index contributed by atoms with van der Waals surface area (Å²) in [5.74, 6) is -0.564. The zero-order valence-corrected chi connectivity index (χ0v) is 19.7. The molecule has 34 heavy (non-hydrogen) atoms. The van der Waals surface area contributed by atoms with E-state index in [1.165, 1.54) is 35.6 Å². The molecule has 0 atom stereocenters. The molecule has 1 aliphatic rings. The van der Waals surface area contributed by atoms with E-state index in [0.29, 0.717) is 31.1 Å². The molecule has 172 valence electrons. The van der Waals surface area contributed by atoms with Crippen molar-refractivity contribution in [3.8, 4) is 0 Å². The fourth-order valence-corrected chi connectivity index (χ4v) is 6.36. The van der Waals surface area contributed by atoms with Crippen LogP contribution in [-0.2, 0) is 0 Å². The molecule has 1 amide bonds. The van der Waals surface area contributed by atoms with Gasteiger partial charge in [-0.3, -0.25) is 14.1 Å². The number of nitrogens with zero attached hydrogens (tertiary/aromatic N) is 4. The molecule has 0 aliphatic carbocycles. The number of aromatic nitrogens is 2. The van der Waals surface area contributed by atoms with Crippen LogP contribution in [0.25, 0.3) is 15.3 Å². The Morgan fingerprint density at radius 3 is 2.15 bits per heavy atom. The minimum absolute atomic E-state index is 0.0201. The maximum absolute atomic E-state index is 13.6. The molecule has 0 saturated carbocycles. The third-order valence-electron chi connectivity index (χ3n) is 6.29. The summed E-state index contributed by atoms with van der Waals surface area (Å²) in [7, 11) is 0. The zero-order valence-electron chi connectivity index (χ0n) is 18.0. The van der Waals surface area contributed by atoms with Crippen molar-refractivity contribution in [2.45, 2.75) is 6.04 Å². The summed E-state index contributed by atoms with van der Waals surface area (Å²) in [6.45, 7) is 2.47. The Morgan fingerprint density at radius 1 is 0.912 bits per heavy atom. The summed E-state index contributed by atoms with van der Waals surface area (Å²) in [5, 5.41) is 1.98. The molecule has 5 nitrogen and oxygen atoms in total. The lowest BCUT2D eigenvalue weighted by atomic mass is 9.96. The van der Waals surface area contributed by atoms with Crippen LogP contribution >= 0.6 is 22.7 Å². The SMILES string of the molecule is O=C(c1cc2c(nc3sccn32)s1)N1CCN(C(c2ccc(F)cc2)c2ccc(F)cc2)CC1. The van der Waals surface area contributed by atoms with Gasteiger partial charge in [0.1, 0.15) is 16.5 Å². The Morgan fingerprint density at radius 2 is 1.53 bits per heavy atom. The quantitative estimate of drug-likeness (QED) is 0.334. The zero-order chi connectivity index (χ0) is 23.2. The van der Waals surface area contributed by atoms with Crippen LogP contribution in [0, 0.1) is 11.6 Å². The molecule has 5 aromatic rings. The monoisotopic (exact) mass is 494 g/mol. The van der Waals surface area contributed by atoms with Crippen molar-refractivity contribution in [1.29, 1.82) is 0 Å². The van der Waals surface area contributed by atoms with E-state index in [0.717, 1.165) is 26.4 Å². The van der Waals surface area contributed by atoms with E-state index >= 15 is 0 Å². The van der Waals surface area contributed by atoms with E-state index in [1.54, 1.807) is 35.6 Å². The van der Waals surface area contributed by atoms with Crippen LogP contribution in [-0.4, -0.2) is 51.3 Å². The second-order valence-electron chi connectivity index (χ2n) is 8.30. The molecule has 0 unspecified atom stereocenters. The number of hydrogen-bond donors (Lipinski definition) is 0. The second-order valence-corrected chi connectivity index (χ2v) is 10.2. The highest BCUT2D eigenvalue weighted by Crippen LogP contribution is 2.32. The predicted octanol–water partition coefficient (Wildman–Crippen LogP) is 5.44. The van der Waals surface area contributed by atoms with Gasteiger partial charge in [-0.2, -0.15) is 0 Å². The molecule has 0 N–H and O–H groups in total. The van der Waals surface area contributed by atoms with E-state index < -0.39 is 0 Å². The minimum atomic E-state index is -0.292. The number of thiazole rings is 1. The molecule has 6 rings (SSSR count). The number of rotatable bonds is 4. The lowest BCUT2D eigenvalue weighted by molar-refractivity contribution is 0.0602. The Balaban J connectivity index is 1.22. The van der Waals surface area contributed by atoms with Gasteiger partial charge in [0.15, 0.2) is 4.96 Å². The molecular formula is C25H20F2N4OS2. The van der Waals surface area contributed by atoms with Crippen LogP contribution in [0.15, 0.2) is 66.2 Å². The lowest BCUT2D eigenvalue weighted by Gasteiger charge is -2.39. The van der Waals surface area contributed by atoms with Crippen molar-refractivity contribution in [2.75, 3.05) is 26.2 Å². The first kappa shape index (κ1) is 21.4. The number of amides is 1. The molecule has 1 saturated heterocycles. The van der Waals surface area contributed by atoms with Crippen LogP contribution < -0.4 is 0 Å². The number of thiophene rings is 1. The highest BCUT2D eigenvalue weighted by molar-refractivity contribution is 7.21. The Bertz CT molecular complexity index is 1420. The summed E-state index contributed by atoms with van der Waals surface area (Å²) >= 11 is 3.01. The first-order valence-corrected chi connectivity index (χ1v) is 12.7. The van der Waals surface area contributed by atoms with Gasteiger partial charge in [0.2, 0.25) is 0 Å². The van der Waals surface area contributed by atoms with Gasteiger partial charge in [-0.25, -0.2) is 13.8 Å². The number of piperazine rings is 1. The largest absolute Gasteiger partial charge is 0.335 e. The summed E-state index contributed by atoms with van der Waals surface area (Å²) in [5.41, 5.74) is 2.84. The smallest absolute Gasteiger partial charge is 0.264 e. The fourth-order valence-electron chi connectivity index (χ4n) is 4.60. The van der Waals surface area contributed by atoms with Gasteiger partial charge in [0.25, 0.3) is 5.91 Å². The second kappa shape index (κ2) is 8.57. The van der Waals surface area contributed by atoms with Crippen LogP contribution in [0.1, 0.15) is 26.8 Å². The molecular weight excluding hydrogens is 474 g/mol. The molecule has 4 heterocycles. The number of halogens is 2. The van der Waals surface area contributed by atoms with Gasteiger partial charge in [-0.15, -0.1) is 22.7 Å². The maximum atomic E-state index is 13.6. The van der Waals surface area contributed by atoms with Crippen LogP contribution in [0.3, 0.4) is 0 Å². The Labute approximate surface area is 202 Å². The molecule has 0 bridgehead atoms. The van der Waals surface area contributed by atoms with Crippen molar-refractivity contribution < 1.29 is 13.6 Å². The maximum Gasteiger partial charge on any atom is 0.264 e. The summed E-state index contributed by atoms with van der Waals surface area (Å²) in [6, 6.07) is 14.7. The normalized spacial score (nSPS) is 15.1. The molecule has 0 radical (unpaired) electrons. The number of imidazole rings is 1.